The molecule has 0 aromatic heterocycles. The lowest BCUT2D eigenvalue weighted by molar-refractivity contribution is 0.0599. The second kappa shape index (κ2) is 8.55. The third-order valence-corrected chi connectivity index (χ3v) is 4.09. The van der Waals surface area contributed by atoms with Crippen LogP contribution in [-0.4, -0.2) is 31.4 Å². The number of nitrogens with one attached hydrogen (secondary N) is 1. The van der Waals surface area contributed by atoms with E-state index in [1.807, 2.05) is 0 Å². The molecule has 0 aliphatic heterocycles. The van der Waals surface area contributed by atoms with Crippen molar-refractivity contribution in [1.29, 1.82) is 0 Å². The smallest absolute Gasteiger partial charge is 0.337 e. The minimum Gasteiger partial charge on any atom is -0.465 e. The lowest BCUT2D eigenvalue weighted by Crippen LogP contribution is -2.10. The van der Waals surface area contributed by atoms with E-state index in [1.165, 1.54) is 32.4 Å². The minimum absolute atomic E-state index is 0.122. The maximum atomic E-state index is 12.2. The van der Waals surface area contributed by atoms with E-state index in [1.54, 1.807) is 24.3 Å². The van der Waals surface area contributed by atoms with Gasteiger partial charge in [0.25, 0.3) is 5.24 Å². The number of rotatable bonds is 4. The average Bonchev–Trinajstić information content (AvgIpc) is 2.61. The Morgan fingerprint density at radius 3 is 1.92 bits per heavy atom. The van der Waals surface area contributed by atoms with Gasteiger partial charge in [0, 0.05) is 15.6 Å². The van der Waals surface area contributed by atoms with E-state index in [-0.39, 0.29) is 22.1 Å². The van der Waals surface area contributed by atoms with Gasteiger partial charge in [-0.05, 0) is 54.2 Å². The van der Waals surface area contributed by atoms with E-state index in [0.717, 1.165) is 11.8 Å². The molecular weight excluding hydrogens is 366 g/mol. The second-order valence-corrected chi connectivity index (χ2v) is 6.23. The summed E-state index contributed by atoms with van der Waals surface area (Å²) in [5, 5.41) is 2.80. The number of anilines is 1. The molecule has 2 rings (SSSR count). The Labute approximate surface area is 153 Å². The molecule has 8 heteroatoms. The molecule has 0 aliphatic carbocycles. The van der Waals surface area contributed by atoms with Gasteiger partial charge in [-0.2, -0.15) is 0 Å². The molecule has 0 unspecified atom stereocenters. The highest BCUT2D eigenvalue weighted by Gasteiger charge is 2.15. The number of methoxy groups -OCH3 is 2. The summed E-state index contributed by atoms with van der Waals surface area (Å²) in [4.78, 5) is 36.3. The lowest BCUT2D eigenvalue weighted by Gasteiger charge is -2.09. The SMILES string of the molecule is COC(=O)c1cc(NC(=O)Sc2ccc(Cl)cc2)cc(C(=O)OC)c1. The molecule has 0 heterocycles. The van der Waals surface area contributed by atoms with Crippen LogP contribution in [0.15, 0.2) is 47.4 Å². The Morgan fingerprint density at radius 2 is 1.44 bits per heavy atom. The van der Waals surface area contributed by atoms with Crippen LogP contribution >= 0.6 is 23.4 Å². The van der Waals surface area contributed by atoms with Crippen LogP contribution in [0.4, 0.5) is 10.5 Å². The number of carbonyl (C=O) groups is 3. The molecule has 1 N–H and O–H groups in total. The summed E-state index contributed by atoms with van der Waals surface area (Å²) in [6.45, 7) is 0. The van der Waals surface area contributed by atoms with Crippen molar-refractivity contribution in [2.24, 2.45) is 0 Å². The molecule has 25 heavy (non-hydrogen) atoms. The van der Waals surface area contributed by atoms with Crippen LogP contribution in [0.25, 0.3) is 0 Å². The highest BCUT2D eigenvalue weighted by atomic mass is 35.5. The van der Waals surface area contributed by atoms with Crippen LogP contribution < -0.4 is 5.32 Å². The molecule has 2 aromatic rings. The zero-order chi connectivity index (χ0) is 18.4. The minimum atomic E-state index is -0.633. The fourth-order valence-electron chi connectivity index (χ4n) is 1.92. The van der Waals surface area contributed by atoms with Crippen LogP contribution in [0, 0.1) is 0 Å². The van der Waals surface area contributed by atoms with Crippen LogP contribution in [0.3, 0.4) is 0 Å². The molecule has 0 spiro atoms. The highest BCUT2D eigenvalue weighted by molar-refractivity contribution is 8.13. The molecule has 0 aliphatic rings. The first-order valence-corrected chi connectivity index (χ1v) is 8.18. The summed E-state index contributed by atoms with van der Waals surface area (Å²) in [6, 6.07) is 10.9. The quantitative estimate of drug-likeness (QED) is 0.632. The molecule has 6 nitrogen and oxygen atoms in total. The largest absolute Gasteiger partial charge is 0.465 e. The zero-order valence-electron chi connectivity index (χ0n) is 13.4. The number of esters is 2. The summed E-state index contributed by atoms with van der Waals surface area (Å²) in [5.41, 5.74) is 0.518. The Balaban J connectivity index is 2.21. The molecule has 0 radical (unpaired) electrons. The van der Waals surface area contributed by atoms with Crippen LogP contribution in [0.2, 0.25) is 5.02 Å². The first kappa shape index (κ1) is 18.8. The van der Waals surface area contributed by atoms with Crippen molar-refractivity contribution in [3.8, 4) is 0 Å². The number of thioether (sulfide) groups is 1. The van der Waals surface area contributed by atoms with Gasteiger partial charge in [0.15, 0.2) is 0 Å². The van der Waals surface area contributed by atoms with Gasteiger partial charge in [-0.25, -0.2) is 9.59 Å². The number of amides is 1. The average molecular weight is 380 g/mol. The Bertz CT molecular complexity index is 773. The highest BCUT2D eigenvalue weighted by Crippen LogP contribution is 2.24. The molecule has 0 bridgehead atoms. The van der Waals surface area contributed by atoms with Crippen molar-refractivity contribution < 1.29 is 23.9 Å². The van der Waals surface area contributed by atoms with Crippen molar-refractivity contribution in [2.75, 3.05) is 19.5 Å². The van der Waals surface area contributed by atoms with Crippen molar-refractivity contribution in [3.63, 3.8) is 0 Å². The van der Waals surface area contributed by atoms with Gasteiger partial charge < -0.3 is 14.8 Å². The third kappa shape index (κ3) is 5.23. The van der Waals surface area contributed by atoms with Crippen LogP contribution in [0.5, 0.6) is 0 Å². The molecule has 1 amide bonds. The Hall–Kier alpha value is -2.51. The van der Waals surface area contributed by atoms with E-state index in [9.17, 15) is 14.4 Å². The van der Waals surface area contributed by atoms with Gasteiger partial charge in [0.2, 0.25) is 0 Å². The van der Waals surface area contributed by atoms with E-state index >= 15 is 0 Å². The van der Waals surface area contributed by atoms with Gasteiger partial charge in [-0.3, -0.25) is 4.79 Å². The molecular formula is C17H14ClNO5S. The first-order valence-electron chi connectivity index (χ1n) is 6.99. The fraction of sp³-hybridized carbons (Fsp3) is 0.118. The van der Waals surface area contributed by atoms with Crippen molar-refractivity contribution >= 4 is 46.2 Å². The van der Waals surface area contributed by atoms with Crippen molar-refractivity contribution in [3.05, 3.63) is 58.6 Å². The molecule has 0 saturated heterocycles. The van der Waals surface area contributed by atoms with E-state index in [4.69, 9.17) is 11.6 Å². The Kier molecular flexibility index (Phi) is 6.44. The maximum Gasteiger partial charge on any atom is 0.337 e. The zero-order valence-corrected chi connectivity index (χ0v) is 14.9. The predicted molar refractivity (Wildman–Crippen MR) is 95.4 cm³/mol. The summed E-state index contributed by atoms with van der Waals surface area (Å²) in [6.07, 6.45) is 0. The van der Waals surface area contributed by atoms with Gasteiger partial charge in [0.1, 0.15) is 0 Å². The van der Waals surface area contributed by atoms with Crippen LogP contribution in [-0.2, 0) is 9.47 Å². The summed E-state index contributed by atoms with van der Waals surface area (Å²) in [7, 11) is 2.45. The molecule has 130 valence electrons. The summed E-state index contributed by atoms with van der Waals surface area (Å²) in [5.74, 6) is -1.27. The molecule has 0 fully saturated rings. The molecule has 0 atom stereocenters. The number of hydrogen-bond donors (Lipinski definition) is 1. The number of ether oxygens (including phenoxy) is 2. The van der Waals surface area contributed by atoms with Crippen molar-refractivity contribution in [2.45, 2.75) is 4.90 Å². The van der Waals surface area contributed by atoms with E-state index in [0.29, 0.717) is 9.92 Å². The normalized spacial score (nSPS) is 10.0. The second-order valence-electron chi connectivity index (χ2n) is 4.75. The van der Waals surface area contributed by atoms with Gasteiger partial charge in [-0.1, -0.05) is 11.6 Å². The summed E-state index contributed by atoms with van der Waals surface area (Å²) >= 11 is 6.75. The number of carbonyl (C=O) groups excluding carboxylic acids is 3. The lowest BCUT2D eigenvalue weighted by atomic mass is 10.1. The first-order chi connectivity index (χ1) is 11.9. The van der Waals surface area contributed by atoms with Gasteiger partial charge in [0.05, 0.1) is 25.3 Å². The topological polar surface area (TPSA) is 81.7 Å². The van der Waals surface area contributed by atoms with E-state index < -0.39 is 11.9 Å². The van der Waals surface area contributed by atoms with Gasteiger partial charge in [-0.15, -0.1) is 0 Å². The summed E-state index contributed by atoms with van der Waals surface area (Å²) < 4.78 is 9.30. The van der Waals surface area contributed by atoms with Crippen molar-refractivity contribution in [1.82, 2.24) is 0 Å². The number of hydrogen-bond acceptors (Lipinski definition) is 6. The number of benzene rings is 2. The number of halogens is 1. The van der Waals surface area contributed by atoms with Gasteiger partial charge >= 0.3 is 11.9 Å². The molecule has 0 saturated carbocycles. The maximum absolute atomic E-state index is 12.2. The van der Waals surface area contributed by atoms with Crippen LogP contribution in [0.1, 0.15) is 20.7 Å². The Morgan fingerprint density at radius 1 is 0.920 bits per heavy atom. The molecule has 2 aromatic carbocycles. The third-order valence-electron chi connectivity index (χ3n) is 3.05. The predicted octanol–water partition coefficient (Wildman–Crippen LogP) is 4.24. The standard InChI is InChI=1S/C17H14ClNO5S/c1-23-15(20)10-7-11(16(21)24-2)9-13(8-10)19-17(22)25-14-5-3-12(18)4-6-14/h3-9H,1-2H3,(H,19,22). The fourth-order valence-corrected chi connectivity index (χ4v) is 2.71. The van der Waals surface area contributed by atoms with E-state index in [2.05, 4.69) is 14.8 Å². The monoisotopic (exact) mass is 379 g/mol.